The molecule has 0 radical (unpaired) electrons. The van der Waals surface area contributed by atoms with Gasteiger partial charge in [0.25, 0.3) is 0 Å². The smallest absolute Gasteiger partial charge is 0.311 e. The van der Waals surface area contributed by atoms with Gasteiger partial charge in [-0.15, -0.1) is 0 Å². The number of amides is 1. The molecule has 1 amide bonds. The van der Waals surface area contributed by atoms with E-state index < -0.39 is 4.92 Å². The maximum Gasteiger partial charge on any atom is 0.311 e. The first kappa shape index (κ1) is 13.0. The van der Waals surface area contributed by atoms with Crippen LogP contribution in [0.5, 0.6) is 5.75 Å². The van der Waals surface area contributed by atoms with Crippen LogP contribution in [-0.4, -0.2) is 23.7 Å². The van der Waals surface area contributed by atoms with Gasteiger partial charge in [0.05, 0.1) is 17.7 Å². The van der Waals surface area contributed by atoms with E-state index in [0.717, 1.165) is 0 Å². The van der Waals surface area contributed by atoms with Gasteiger partial charge in [0.2, 0.25) is 5.91 Å². The monoisotopic (exact) mass is 263 g/mol. The molecule has 0 aromatic heterocycles. The van der Waals surface area contributed by atoms with Crippen molar-refractivity contribution >= 4 is 17.3 Å². The van der Waals surface area contributed by atoms with Crippen molar-refractivity contribution < 1.29 is 14.5 Å². The Morgan fingerprint density at radius 3 is 2.84 bits per heavy atom. The van der Waals surface area contributed by atoms with Crippen molar-refractivity contribution in [2.45, 2.75) is 13.3 Å². The second kappa shape index (κ2) is 5.05. The lowest BCUT2D eigenvalue weighted by molar-refractivity contribution is -0.385. The van der Waals surface area contributed by atoms with Crippen molar-refractivity contribution in [2.24, 2.45) is 11.0 Å². The fourth-order valence-electron chi connectivity index (χ4n) is 1.99. The molecule has 0 aliphatic carbocycles. The number of carbonyl (C=O) groups excluding carboxylic acids is 1. The minimum atomic E-state index is -0.505. The summed E-state index contributed by atoms with van der Waals surface area (Å²) in [7, 11) is 1.38. The van der Waals surface area contributed by atoms with Crippen LogP contribution in [0.4, 0.5) is 5.69 Å². The Morgan fingerprint density at radius 1 is 1.53 bits per heavy atom. The van der Waals surface area contributed by atoms with Gasteiger partial charge in [-0.25, -0.2) is 5.43 Å². The van der Waals surface area contributed by atoms with Crippen LogP contribution < -0.4 is 10.2 Å². The SMILES string of the molecule is COc1ccc(C2=NNC(=O)CC2C)cc1[N+](=O)[O-]. The van der Waals surface area contributed by atoms with E-state index >= 15 is 0 Å². The number of nitrogens with zero attached hydrogens (tertiary/aromatic N) is 2. The van der Waals surface area contributed by atoms with Crippen LogP contribution in [0.15, 0.2) is 23.3 Å². The van der Waals surface area contributed by atoms with E-state index in [4.69, 9.17) is 4.74 Å². The van der Waals surface area contributed by atoms with Crippen LogP contribution in [0.25, 0.3) is 0 Å². The number of rotatable bonds is 3. The lowest BCUT2D eigenvalue weighted by Gasteiger charge is -2.19. The molecule has 0 bridgehead atoms. The number of nitro groups is 1. The Kier molecular flexibility index (Phi) is 3.46. The second-order valence-electron chi connectivity index (χ2n) is 4.28. The number of benzene rings is 1. The normalized spacial score (nSPS) is 18.5. The van der Waals surface area contributed by atoms with Gasteiger partial charge in [-0.3, -0.25) is 14.9 Å². The van der Waals surface area contributed by atoms with Crippen molar-refractivity contribution in [3.8, 4) is 5.75 Å². The van der Waals surface area contributed by atoms with Crippen molar-refractivity contribution in [1.29, 1.82) is 0 Å². The quantitative estimate of drug-likeness (QED) is 0.659. The predicted molar refractivity (Wildman–Crippen MR) is 68.1 cm³/mol. The minimum Gasteiger partial charge on any atom is -0.490 e. The fraction of sp³-hybridized carbons (Fsp3) is 0.333. The van der Waals surface area contributed by atoms with Gasteiger partial charge in [0.1, 0.15) is 0 Å². The van der Waals surface area contributed by atoms with Crippen LogP contribution in [0.1, 0.15) is 18.9 Å². The number of hydrogen-bond acceptors (Lipinski definition) is 5. The first-order valence-electron chi connectivity index (χ1n) is 5.72. The van der Waals surface area contributed by atoms with Gasteiger partial charge in [-0.05, 0) is 12.1 Å². The number of hydrogen-bond donors (Lipinski definition) is 1. The highest BCUT2D eigenvalue weighted by atomic mass is 16.6. The molecule has 2 rings (SSSR count). The number of methoxy groups -OCH3 is 1. The maximum absolute atomic E-state index is 11.2. The Labute approximate surface area is 109 Å². The predicted octanol–water partition coefficient (Wildman–Crippen LogP) is 1.46. The molecule has 0 spiro atoms. The van der Waals surface area contributed by atoms with Gasteiger partial charge >= 0.3 is 5.69 Å². The van der Waals surface area contributed by atoms with Gasteiger partial charge in [-0.2, -0.15) is 5.10 Å². The molecule has 0 saturated heterocycles. The van der Waals surface area contributed by atoms with E-state index in [-0.39, 0.29) is 23.3 Å². The van der Waals surface area contributed by atoms with Crippen LogP contribution in [0.3, 0.4) is 0 Å². The van der Waals surface area contributed by atoms with Crippen LogP contribution in [0, 0.1) is 16.0 Å². The summed E-state index contributed by atoms with van der Waals surface area (Å²) in [5.74, 6) is -0.0390. The van der Waals surface area contributed by atoms with Gasteiger partial charge in [0.15, 0.2) is 5.75 Å². The van der Waals surface area contributed by atoms with Crippen molar-refractivity contribution in [1.82, 2.24) is 5.43 Å². The molecule has 1 N–H and O–H groups in total. The lowest BCUT2D eigenvalue weighted by Crippen LogP contribution is -2.31. The molecule has 19 heavy (non-hydrogen) atoms. The van der Waals surface area contributed by atoms with E-state index in [1.165, 1.54) is 19.2 Å². The molecule has 100 valence electrons. The van der Waals surface area contributed by atoms with E-state index in [2.05, 4.69) is 10.5 Å². The molecule has 1 aromatic rings. The van der Waals surface area contributed by atoms with Crippen molar-refractivity contribution in [3.63, 3.8) is 0 Å². The number of hydrazone groups is 1. The first-order chi connectivity index (χ1) is 9.02. The van der Waals surface area contributed by atoms with Crippen LogP contribution >= 0.6 is 0 Å². The van der Waals surface area contributed by atoms with Gasteiger partial charge < -0.3 is 4.74 Å². The zero-order chi connectivity index (χ0) is 14.0. The molecule has 1 atom stereocenters. The number of ether oxygens (including phenoxy) is 1. The van der Waals surface area contributed by atoms with Crippen LogP contribution in [-0.2, 0) is 4.79 Å². The molecule has 0 fully saturated rings. The summed E-state index contributed by atoms with van der Waals surface area (Å²) in [4.78, 5) is 21.6. The average Bonchev–Trinajstić information content (AvgIpc) is 2.38. The Hall–Kier alpha value is -2.44. The highest BCUT2D eigenvalue weighted by molar-refractivity contribution is 6.06. The molecule has 1 aromatic carbocycles. The number of nitrogens with one attached hydrogen (secondary N) is 1. The minimum absolute atomic E-state index is 0.0817. The van der Waals surface area contributed by atoms with Gasteiger partial charge in [-0.1, -0.05) is 6.92 Å². The zero-order valence-corrected chi connectivity index (χ0v) is 10.5. The highest BCUT2D eigenvalue weighted by Crippen LogP contribution is 2.29. The molecular weight excluding hydrogens is 250 g/mol. The van der Waals surface area contributed by atoms with Crippen LogP contribution in [0.2, 0.25) is 0 Å². The average molecular weight is 263 g/mol. The summed E-state index contributed by atoms with van der Waals surface area (Å²) >= 11 is 0. The summed E-state index contributed by atoms with van der Waals surface area (Å²) in [6.45, 7) is 1.85. The maximum atomic E-state index is 11.2. The summed E-state index contributed by atoms with van der Waals surface area (Å²) in [6.07, 6.45) is 0.318. The summed E-state index contributed by atoms with van der Waals surface area (Å²) < 4.78 is 4.94. The van der Waals surface area contributed by atoms with Crippen molar-refractivity contribution in [3.05, 3.63) is 33.9 Å². The van der Waals surface area contributed by atoms with Gasteiger partial charge in [0, 0.05) is 24.0 Å². The van der Waals surface area contributed by atoms with Crippen molar-refractivity contribution in [2.75, 3.05) is 7.11 Å². The molecule has 7 nitrogen and oxygen atoms in total. The molecule has 1 aliphatic rings. The van der Waals surface area contributed by atoms with E-state index in [1.807, 2.05) is 6.92 Å². The Bertz CT molecular complexity index is 568. The fourth-order valence-corrected chi connectivity index (χ4v) is 1.99. The third-order valence-corrected chi connectivity index (χ3v) is 2.93. The standard InChI is InChI=1S/C12H13N3O4/c1-7-5-11(16)13-14-12(7)8-3-4-10(19-2)9(6-8)15(17)18/h3-4,6-7H,5H2,1-2H3,(H,13,16). The topological polar surface area (TPSA) is 93.8 Å². The largest absolute Gasteiger partial charge is 0.490 e. The summed E-state index contributed by atoms with van der Waals surface area (Å²) in [5.41, 5.74) is 3.51. The zero-order valence-electron chi connectivity index (χ0n) is 10.5. The summed E-state index contributed by atoms with van der Waals surface area (Å²) in [5, 5.41) is 14.9. The number of carbonyl (C=O) groups is 1. The third-order valence-electron chi connectivity index (χ3n) is 2.93. The van der Waals surface area contributed by atoms with E-state index in [0.29, 0.717) is 17.7 Å². The second-order valence-corrected chi connectivity index (χ2v) is 4.28. The Balaban J connectivity index is 2.44. The summed E-state index contributed by atoms with van der Waals surface area (Å²) in [6, 6.07) is 4.63. The van der Waals surface area contributed by atoms with E-state index in [9.17, 15) is 14.9 Å². The Morgan fingerprint density at radius 2 is 2.26 bits per heavy atom. The molecule has 7 heteroatoms. The molecular formula is C12H13N3O4. The molecule has 1 unspecified atom stereocenters. The third kappa shape index (κ3) is 2.54. The highest BCUT2D eigenvalue weighted by Gasteiger charge is 2.24. The first-order valence-corrected chi connectivity index (χ1v) is 5.72. The molecule has 0 saturated carbocycles. The molecule has 1 aliphatic heterocycles. The number of nitro benzene ring substituents is 1. The van der Waals surface area contributed by atoms with E-state index in [1.54, 1.807) is 6.07 Å². The lowest BCUT2D eigenvalue weighted by atomic mass is 9.94. The molecule has 1 heterocycles.